The zero-order valence-corrected chi connectivity index (χ0v) is 20.6. The van der Waals surface area contributed by atoms with E-state index in [0.717, 1.165) is 60.7 Å². The summed E-state index contributed by atoms with van der Waals surface area (Å²) in [6.07, 6.45) is 11.2. The minimum absolute atomic E-state index is 0.0712. The summed E-state index contributed by atoms with van der Waals surface area (Å²) < 4.78 is 7.29. The zero-order chi connectivity index (χ0) is 23.5. The van der Waals surface area contributed by atoms with Gasteiger partial charge in [0.2, 0.25) is 5.91 Å². The normalized spacial score (nSPS) is 28.1. The van der Waals surface area contributed by atoms with Gasteiger partial charge in [-0.25, -0.2) is 0 Å². The summed E-state index contributed by atoms with van der Waals surface area (Å²) in [6, 6.07) is 4.13. The maximum Gasteiger partial charge on any atom is 0.254 e. The number of ether oxygens (including phenoxy) is 1. The van der Waals surface area contributed by atoms with E-state index in [1.165, 1.54) is 12.8 Å². The largest absolute Gasteiger partial charge is 0.381 e. The van der Waals surface area contributed by atoms with Gasteiger partial charge in [-0.3, -0.25) is 14.6 Å². The van der Waals surface area contributed by atoms with Crippen molar-refractivity contribution in [3.05, 3.63) is 39.9 Å². The van der Waals surface area contributed by atoms with Crippen LogP contribution in [-0.4, -0.2) is 34.7 Å². The number of aryl methyl sites for hydroxylation is 2. The molecule has 1 amide bonds. The lowest BCUT2D eigenvalue weighted by atomic mass is 9.74. The molecule has 2 saturated carbocycles. The number of pyridine rings is 2. The topological polar surface area (TPSA) is 73.2 Å². The highest BCUT2D eigenvalue weighted by Gasteiger charge is 2.32. The minimum atomic E-state index is 0.0712. The Morgan fingerprint density at radius 1 is 1.21 bits per heavy atom. The lowest BCUT2D eigenvalue weighted by Crippen LogP contribution is -2.41. The molecule has 180 valence electrons. The number of hydrogen-bond donors (Lipinski definition) is 1. The van der Waals surface area contributed by atoms with Gasteiger partial charge in [-0.1, -0.05) is 19.8 Å². The van der Waals surface area contributed by atoms with Crippen molar-refractivity contribution in [1.29, 1.82) is 0 Å². The lowest BCUT2D eigenvalue weighted by molar-refractivity contribution is -0.122. The summed E-state index contributed by atoms with van der Waals surface area (Å²) in [6.45, 7) is 4.17. The van der Waals surface area contributed by atoms with Crippen molar-refractivity contribution in [2.75, 3.05) is 7.11 Å². The predicted octanol–water partition coefficient (Wildman–Crippen LogP) is 4.62. The second-order valence-corrected chi connectivity index (χ2v) is 10.4. The van der Waals surface area contributed by atoms with Gasteiger partial charge >= 0.3 is 0 Å². The van der Waals surface area contributed by atoms with E-state index in [1.807, 2.05) is 32.3 Å². The van der Waals surface area contributed by atoms with Gasteiger partial charge in [0.1, 0.15) is 0 Å². The third-order valence-corrected chi connectivity index (χ3v) is 8.08. The van der Waals surface area contributed by atoms with Crippen LogP contribution in [0.1, 0.15) is 81.9 Å². The number of aromatic nitrogens is 2. The molecule has 2 aromatic rings. The van der Waals surface area contributed by atoms with Crippen molar-refractivity contribution >= 4 is 16.8 Å². The average Bonchev–Trinajstić information content (AvgIpc) is 2.82. The fourth-order valence-electron chi connectivity index (χ4n) is 6.00. The molecule has 4 rings (SSSR count). The molecule has 1 N–H and O–H groups in total. The lowest BCUT2D eigenvalue weighted by Gasteiger charge is -2.35. The molecule has 2 aliphatic rings. The molecule has 2 aliphatic carbocycles. The Kier molecular flexibility index (Phi) is 7.52. The van der Waals surface area contributed by atoms with E-state index in [4.69, 9.17) is 4.74 Å². The maximum atomic E-state index is 13.2. The van der Waals surface area contributed by atoms with E-state index >= 15 is 0 Å². The molecular weight excluding hydrogens is 414 g/mol. The smallest absolute Gasteiger partial charge is 0.254 e. The molecule has 33 heavy (non-hydrogen) atoms. The first-order valence-electron chi connectivity index (χ1n) is 12.6. The van der Waals surface area contributed by atoms with Crippen LogP contribution in [0.3, 0.4) is 0 Å². The van der Waals surface area contributed by atoms with Crippen molar-refractivity contribution in [3.8, 4) is 0 Å². The number of methoxy groups -OCH3 is 1. The van der Waals surface area contributed by atoms with Crippen LogP contribution >= 0.6 is 0 Å². The highest BCUT2D eigenvalue weighted by molar-refractivity contribution is 5.79. The Morgan fingerprint density at radius 3 is 2.82 bits per heavy atom. The molecule has 0 bridgehead atoms. The molecule has 6 heteroatoms. The van der Waals surface area contributed by atoms with Gasteiger partial charge in [-0.15, -0.1) is 0 Å². The molecule has 2 fully saturated rings. The number of hydrogen-bond acceptors (Lipinski definition) is 4. The van der Waals surface area contributed by atoms with Crippen LogP contribution < -0.4 is 10.9 Å². The van der Waals surface area contributed by atoms with Crippen LogP contribution in [0.15, 0.2) is 23.1 Å². The predicted molar refractivity (Wildman–Crippen MR) is 131 cm³/mol. The highest BCUT2D eigenvalue weighted by Crippen LogP contribution is 2.37. The Labute approximate surface area is 197 Å². The quantitative estimate of drug-likeness (QED) is 0.693. The number of nitrogens with one attached hydrogen (secondary N) is 1. The number of rotatable bonds is 6. The van der Waals surface area contributed by atoms with E-state index < -0.39 is 0 Å². The van der Waals surface area contributed by atoms with Gasteiger partial charge in [0, 0.05) is 49.5 Å². The summed E-state index contributed by atoms with van der Waals surface area (Å²) in [5.41, 5.74) is 2.75. The molecule has 0 aliphatic heterocycles. The Balaban J connectivity index is 1.41. The van der Waals surface area contributed by atoms with Crippen molar-refractivity contribution in [2.24, 2.45) is 18.9 Å². The van der Waals surface area contributed by atoms with Crippen molar-refractivity contribution in [1.82, 2.24) is 14.9 Å². The summed E-state index contributed by atoms with van der Waals surface area (Å²) >= 11 is 0. The molecule has 5 atom stereocenters. The van der Waals surface area contributed by atoms with Crippen molar-refractivity contribution < 1.29 is 9.53 Å². The Hall–Kier alpha value is -2.21. The molecule has 0 spiro atoms. The summed E-state index contributed by atoms with van der Waals surface area (Å²) in [5.74, 6) is 1.30. The van der Waals surface area contributed by atoms with E-state index in [-0.39, 0.29) is 23.4 Å². The van der Waals surface area contributed by atoms with Gasteiger partial charge in [0.05, 0.1) is 11.6 Å². The number of amides is 1. The fourth-order valence-corrected chi connectivity index (χ4v) is 6.00. The van der Waals surface area contributed by atoms with Crippen LogP contribution in [0.5, 0.6) is 0 Å². The summed E-state index contributed by atoms with van der Waals surface area (Å²) in [7, 11) is 3.64. The fraction of sp³-hybridized carbons (Fsp3) is 0.667. The van der Waals surface area contributed by atoms with Crippen LogP contribution in [0, 0.1) is 18.8 Å². The molecular formula is C27H39N3O3. The van der Waals surface area contributed by atoms with E-state index in [0.29, 0.717) is 24.4 Å². The second-order valence-electron chi connectivity index (χ2n) is 10.4. The number of carbonyl (C=O) groups excluding carboxylic acids is 1. The molecule has 2 aromatic heterocycles. The monoisotopic (exact) mass is 453 g/mol. The first kappa shape index (κ1) is 23.9. The van der Waals surface area contributed by atoms with E-state index in [9.17, 15) is 9.59 Å². The molecule has 2 heterocycles. The summed E-state index contributed by atoms with van der Waals surface area (Å²) in [4.78, 5) is 30.4. The van der Waals surface area contributed by atoms with Gasteiger partial charge in [-0.05, 0) is 75.3 Å². The van der Waals surface area contributed by atoms with Crippen LogP contribution in [0.25, 0.3) is 10.9 Å². The third kappa shape index (κ3) is 5.48. The number of nitrogens with zero attached hydrogens (tertiary/aromatic N) is 2. The van der Waals surface area contributed by atoms with E-state index in [2.05, 4.69) is 17.2 Å². The molecule has 6 nitrogen and oxygen atoms in total. The molecule has 0 saturated heterocycles. The Bertz CT molecular complexity index is 1050. The van der Waals surface area contributed by atoms with Gasteiger partial charge in [0.15, 0.2) is 0 Å². The highest BCUT2D eigenvalue weighted by atomic mass is 16.5. The Morgan fingerprint density at radius 2 is 2.03 bits per heavy atom. The maximum absolute atomic E-state index is 13.2. The first-order chi connectivity index (χ1) is 15.9. The minimum Gasteiger partial charge on any atom is -0.381 e. The number of fused-ring (bicyclic) bond motifs is 1. The van der Waals surface area contributed by atoms with Gasteiger partial charge < -0.3 is 14.6 Å². The third-order valence-electron chi connectivity index (χ3n) is 8.08. The number of carbonyl (C=O) groups is 1. The van der Waals surface area contributed by atoms with Crippen molar-refractivity contribution in [2.45, 2.75) is 89.7 Å². The van der Waals surface area contributed by atoms with Crippen LogP contribution in [-0.2, 0) is 16.6 Å². The average molecular weight is 454 g/mol. The molecule has 0 radical (unpaired) electrons. The SMILES string of the molecule is COC1CCCC(CCC(=O)NC2CCC(C)C(c3cc4cnc(C)cc4n(C)c3=O)C2)C1. The second kappa shape index (κ2) is 10.4. The van der Waals surface area contributed by atoms with Gasteiger partial charge in [0.25, 0.3) is 5.56 Å². The standard InChI is InChI=1S/C27H39N3O3/c1-17-8-10-21(29-26(31)11-9-19-6-5-7-22(13-19)33-4)15-23(17)24-14-20-16-28-18(2)12-25(20)30(3)27(24)32/h12,14,16-17,19,21-23H,5-11,13,15H2,1-4H3,(H,29,31). The van der Waals surface area contributed by atoms with Crippen molar-refractivity contribution in [3.63, 3.8) is 0 Å². The zero-order valence-electron chi connectivity index (χ0n) is 20.6. The first-order valence-corrected chi connectivity index (χ1v) is 12.6. The van der Waals surface area contributed by atoms with Crippen LogP contribution in [0.4, 0.5) is 0 Å². The summed E-state index contributed by atoms with van der Waals surface area (Å²) in [5, 5.41) is 4.29. The van der Waals surface area contributed by atoms with Crippen LogP contribution in [0.2, 0.25) is 0 Å². The van der Waals surface area contributed by atoms with E-state index in [1.54, 1.807) is 11.7 Å². The molecule has 5 unspecified atom stereocenters. The molecule has 0 aromatic carbocycles. The van der Waals surface area contributed by atoms with Gasteiger partial charge in [-0.2, -0.15) is 0 Å².